The fourth-order valence-electron chi connectivity index (χ4n) is 1.92. The van der Waals surface area contributed by atoms with Gasteiger partial charge < -0.3 is 9.42 Å². The molecule has 2 rings (SSSR count). The van der Waals surface area contributed by atoms with Crippen molar-refractivity contribution in [1.82, 2.24) is 5.16 Å². The predicted octanol–water partition coefficient (Wildman–Crippen LogP) is 4.11. The average molecular weight is 311 g/mol. The molecule has 2 aromatic rings. The van der Waals surface area contributed by atoms with Gasteiger partial charge in [0.05, 0.1) is 10.0 Å². The predicted molar refractivity (Wildman–Crippen MR) is 80.3 cm³/mol. The second-order valence-electron chi connectivity index (χ2n) is 4.08. The first-order valence-corrected chi connectivity index (χ1v) is 6.59. The highest BCUT2D eigenvalue weighted by atomic mass is 35.5. The Kier molecular flexibility index (Phi) is 4.47. The van der Waals surface area contributed by atoms with Crippen LogP contribution in [0.4, 0.5) is 5.69 Å². The maximum absolute atomic E-state index is 11.2. The number of anilines is 1. The number of hydrogen-bond acceptors (Lipinski definition) is 3. The van der Waals surface area contributed by atoms with Crippen LogP contribution in [0, 0.1) is 6.92 Å². The van der Waals surface area contributed by atoms with E-state index in [1.165, 1.54) is 4.90 Å². The van der Waals surface area contributed by atoms with Gasteiger partial charge in [0, 0.05) is 12.1 Å². The quantitative estimate of drug-likeness (QED) is 0.617. The highest BCUT2D eigenvalue weighted by molar-refractivity contribution is 6.39. The highest BCUT2D eigenvalue weighted by Crippen LogP contribution is 2.40. The van der Waals surface area contributed by atoms with E-state index in [4.69, 9.17) is 27.7 Å². The number of benzene rings is 1. The maximum Gasteiger partial charge on any atom is 0.214 e. The number of hydrogen-bond donors (Lipinski definition) is 0. The Balaban J connectivity index is 2.64. The van der Waals surface area contributed by atoms with Crippen LogP contribution in [0.3, 0.4) is 0 Å². The fourth-order valence-corrected chi connectivity index (χ4v) is 2.50. The second-order valence-corrected chi connectivity index (χ2v) is 4.89. The van der Waals surface area contributed by atoms with Crippen molar-refractivity contribution in [3.05, 3.63) is 46.7 Å². The highest BCUT2D eigenvalue weighted by Gasteiger charge is 2.23. The van der Waals surface area contributed by atoms with Crippen molar-refractivity contribution in [2.45, 2.75) is 6.92 Å². The van der Waals surface area contributed by atoms with Crippen LogP contribution in [-0.2, 0) is 4.79 Å². The molecule has 1 aromatic carbocycles. The molecule has 104 valence electrons. The maximum atomic E-state index is 11.2. The SMILES string of the molecule is C=CCN(C=O)c1c(-c2c(Cl)cccc2Cl)noc1C. The fraction of sp³-hybridized carbons (Fsp3) is 0.143. The molecule has 0 bridgehead atoms. The lowest BCUT2D eigenvalue weighted by molar-refractivity contribution is -0.107. The van der Waals surface area contributed by atoms with Gasteiger partial charge in [0.25, 0.3) is 0 Å². The second kappa shape index (κ2) is 6.11. The van der Waals surface area contributed by atoms with Crippen LogP contribution in [0.1, 0.15) is 5.76 Å². The zero-order valence-electron chi connectivity index (χ0n) is 10.8. The largest absolute Gasteiger partial charge is 0.359 e. The topological polar surface area (TPSA) is 46.3 Å². The van der Waals surface area contributed by atoms with E-state index in [1.807, 2.05) is 0 Å². The van der Waals surface area contributed by atoms with Crippen molar-refractivity contribution in [2.75, 3.05) is 11.4 Å². The number of carbonyl (C=O) groups is 1. The molecule has 0 aliphatic heterocycles. The molecule has 0 unspecified atom stereocenters. The molecule has 0 aliphatic rings. The number of aryl methyl sites for hydroxylation is 1. The summed E-state index contributed by atoms with van der Waals surface area (Å²) in [5, 5.41) is 4.86. The van der Waals surface area contributed by atoms with E-state index < -0.39 is 0 Å². The summed E-state index contributed by atoms with van der Waals surface area (Å²) in [6, 6.07) is 5.15. The summed E-state index contributed by atoms with van der Waals surface area (Å²) in [6.45, 7) is 5.67. The molecular formula is C14H12Cl2N2O2. The lowest BCUT2D eigenvalue weighted by Gasteiger charge is -2.16. The summed E-state index contributed by atoms with van der Waals surface area (Å²) in [5.74, 6) is 0.505. The van der Waals surface area contributed by atoms with Crippen LogP contribution in [-0.4, -0.2) is 18.1 Å². The molecule has 1 amide bonds. The number of rotatable bonds is 5. The van der Waals surface area contributed by atoms with Crippen molar-refractivity contribution in [3.8, 4) is 11.3 Å². The van der Waals surface area contributed by atoms with Gasteiger partial charge >= 0.3 is 0 Å². The summed E-state index contributed by atoms with van der Waals surface area (Å²) in [7, 11) is 0. The zero-order valence-corrected chi connectivity index (χ0v) is 12.3. The van der Waals surface area contributed by atoms with Gasteiger partial charge in [-0.15, -0.1) is 6.58 Å². The van der Waals surface area contributed by atoms with Crippen molar-refractivity contribution >= 4 is 35.3 Å². The van der Waals surface area contributed by atoms with Gasteiger partial charge in [-0.2, -0.15) is 0 Å². The summed E-state index contributed by atoms with van der Waals surface area (Å²) in [4.78, 5) is 12.7. The molecule has 0 aliphatic carbocycles. The third kappa shape index (κ3) is 2.57. The normalized spacial score (nSPS) is 10.3. The molecule has 1 heterocycles. The lowest BCUT2D eigenvalue weighted by Crippen LogP contribution is -2.21. The van der Waals surface area contributed by atoms with E-state index in [0.29, 0.717) is 45.7 Å². The third-order valence-electron chi connectivity index (χ3n) is 2.77. The monoisotopic (exact) mass is 310 g/mol. The van der Waals surface area contributed by atoms with Gasteiger partial charge in [-0.3, -0.25) is 4.79 Å². The molecule has 6 heteroatoms. The Labute approximate surface area is 126 Å². The van der Waals surface area contributed by atoms with E-state index in [0.717, 1.165) is 0 Å². The van der Waals surface area contributed by atoms with Crippen LogP contribution >= 0.6 is 23.2 Å². The molecule has 20 heavy (non-hydrogen) atoms. The summed E-state index contributed by atoms with van der Waals surface area (Å²) in [5.41, 5.74) is 1.51. The van der Waals surface area contributed by atoms with Crippen molar-refractivity contribution in [1.29, 1.82) is 0 Å². The van der Waals surface area contributed by atoms with E-state index in [-0.39, 0.29) is 0 Å². The Morgan fingerprint density at radius 2 is 2.05 bits per heavy atom. The van der Waals surface area contributed by atoms with E-state index in [1.54, 1.807) is 31.2 Å². The van der Waals surface area contributed by atoms with Crippen molar-refractivity contribution in [2.24, 2.45) is 0 Å². The molecule has 0 saturated carbocycles. The molecule has 0 atom stereocenters. The van der Waals surface area contributed by atoms with Gasteiger partial charge in [0.2, 0.25) is 6.41 Å². The Bertz CT molecular complexity index is 632. The first kappa shape index (κ1) is 14.6. The van der Waals surface area contributed by atoms with Crippen LogP contribution < -0.4 is 4.90 Å². The zero-order chi connectivity index (χ0) is 14.7. The lowest BCUT2D eigenvalue weighted by atomic mass is 10.1. The van der Waals surface area contributed by atoms with Gasteiger partial charge in [0.15, 0.2) is 5.76 Å². The summed E-state index contributed by atoms with van der Waals surface area (Å²) >= 11 is 12.4. The molecule has 0 fully saturated rings. The number of aromatic nitrogens is 1. The van der Waals surface area contributed by atoms with Gasteiger partial charge in [-0.1, -0.05) is 40.5 Å². The molecular weight excluding hydrogens is 299 g/mol. The van der Waals surface area contributed by atoms with Crippen LogP contribution in [0.15, 0.2) is 35.4 Å². The third-order valence-corrected chi connectivity index (χ3v) is 3.40. The Morgan fingerprint density at radius 1 is 1.40 bits per heavy atom. The molecule has 4 nitrogen and oxygen atoms in total. The minimum Gasteiger partial charge on any atom is -0.359 e. The number of nitrogens with zero attached hydrogens (tertiary/aromatic N) is 2. The molecule has 0 N–H and O–H groups in total. The van der Waals surface area contributed by atoms with Crippen LogP contribution in [0.25, 0.3) is 11.3 Å². The first-order valence-electron chi connectivity index (χ1n) is 5.83. The molecule has 0 radical (unpaired) electrons. The van der Waals surface area contributed by atoms with Gasteiger partial charge in [-0.25, -0.2) is 0 Å². The summed E-state index contributed by atoms with van der Waals surface area (Å²) < 4.78 is 5.19. The number of carbonyl (C=O) groups excluding carboxylic acids is 1. The van der Waals surface area contributed by atoms with E-state index in [9.17, 15) is 4.79 Å². The Morgan fingerprint density at radius 3 is 2.60 bits per heavy atom. The molecule has 0 spiro atoms. The average Bonchev–Trinajstić information content (AvgIpc) is 2.78. The van der Waals surface area contributed by atoms with E-state index in [2.05, 4.69) is 11.7 Å². The standard InChI is InChI=1S/C14H12Cl2N2O2/c1-3-7-18(8-19)14-9(2)20-17-13(14)12-10(15)5-4-6-11(12)16/h3-6,8H,1,7H2,2H3. The molecule has 0 saturated heterocycles. The molecule has 1 aromatic heterocycles. The summed E-state index contributed by atoms with van der Waals surface area (Å²) in [6.07, 6.45) is 2.30. The number of halogens is 2. The minimum atomic E-state index is 0.334. The van der Waals surface area contributed by atoms with Crippen molar-refractivity contribution < 1.29 is 9.32 Å². The first-order chi connectivity index (χ1) is 9.60. The van der Waals surface area contributed by atoms with E-state index >= 15 is 0 Å². The van der Waals surface area contributed by atoms with Crippen molar-refractivity contribution in [3.63, 3.8) is 0 Å². The van der Waals surface area contributed by atoms with Gasteiger partial charge in [0.1, 0.15) is 11.4 Å². The Hall–Kier alpha value is -1.78. The minimum absolute atomic E-state index is 0.334. The number of amides is 1. The van der Waals surface area contributed by atoms with Crippen LogP contribution in [0.2, 0.25) is 10.0 Å². The van der Waals surface area contributed by atoms with Crippen LogP contribution in [0.5, 0.6) is 0 Å². The van der Waals surface area contributed by atoms with Gasteiger partial charge in [-0.05, 0) is 19.1 Å². The smallest absolute Gasteiger partial charge is 0.214 e.